The van der Waals surface area contributed by atoms with Gasteiger partial charge in [-0.15, -0.1) is 0 Å². The minimum atomic E-state index is -1.17. The minimum Gasteiger partial charge on any atom is -0.347 e. The molecule has 0 saturated carbocycles. The van der Waals surface area contributed by atoms with E-state index in [9.17, 15) is 0 Å². The van der Waals surface area contributed by atoms with Gasteiger partial charge in [0.1, 0.15) is 0 Å². The van der Waals surface area contributed by atoms with Gasteiger partial charge in [-0.05, 0) is 27.7 Å². The van der Waals surface area contributed by atoms with Crippen molar-refractivity contribution in [3.05, 3.63) is 22.5 Å². The highest BCUT2D eigenvalue weighted by Gasteiger charge is 2.06. The van der Waals surface area contributed by atoms with Crippen molar-refractivity contribution in [2.24, 2.45) is 5.40 Å². The minimum absolute atomic E-state index is 1.17. The van der Waals surface area contributed by atoms with Crippen molar-refractivity contribution in [1.29, 1.82) is 0 Å². The fourth-order valence-corrected chi connectivity index (χ4v) is 2.15. The summed E-state index contributed by atoms with van der Waals surface area (Å²) in [5.74, 6) is 0. The Bertz CT molecular complexity index is 141. The summed E-state index contributed by atoms with van der Waals surface area (Å²) in [4.78, 5) is 0. The molecule has 0 heterocycles. The Morgan fingerprint density at radius 1 is 1.10 bits per heavy atom. The molecule has 0 radical (unpaired) electrons. The Hall–Kier alpha value is -0.343. The molecule has 1 nitrogen and oxygen atoms in total. The van der Waals surface area contributed by atoms with E-state index in [4.69, 9.17) is 5.40 Å². The number of allylic oxidation sites excluding steroid dienone is 4. The molecule has 0 aromatic rings. The van der Waals surface area contributed by atoms with E-state index in [0.717, 1.165) is 0 Å². The second kappa shape index (κ2) is 4.47. The molecule has 58 valence electrons. The van der Waals surface area contributed by atoms with Crippen LogP contribution in [0.5, 0.6) is 0 Å². The molecule has 0 atom stereocenters. The molecule has 0 amide bonds. The maximum atomic E-state index is 5.98. The molecule has 0 aromatic carbocycles. The molecule has 0 spiro atoms. The molecule has 0 unspecified atom stereocenters. The third-order valence-electron chi connectivity index (χ3n) is 1.89. The average Bonchev–Trinajstić information content (AvgIpc) is 2.00. The second-order valence-corrected chi connectivity index (χ2v) is 5.32. The maximum Gasteiger partial charge on any atom is 0.161 e. The van der Waals surface area contributed by atoms with Crippen LogP contribution in [0.1, 0.15) is 27.7 Å². The number of hydrogen-bond donors (Lipinski definition) is 1. The molecule has 0 bridgehead atoms. The topological polar surface area (TPSA) is 26.0 Å². The summed E-state index contributed by atoms with van der Waals surface area (Å²) < 4.78 is 0. The van der Waals surface area contributed by atoms with Crippen LogP contribution in [0.2, 0.25) is 0 Å². The first-order chi connectivity index (χ1) is 4.63. The first-order valence-corrected chi connectivity index (χ1v) is 5.46. The molecular formula is C8H17NSi. The normalized spacial score (nSPS) is 17.3. The van der Waals surface area contributed by atoms with Gasteiger partial charge in [0.15, 0.2) is 8.96 Å². The van der Waals surface area contributed by atoms with Gasteiger partial charge in [0.05, 0.1) is 0 Å². The smallest absolute Gasteiger partial charge is 0.161 e. The van der Waals surface area contributed by atoms with Crippen LogP contribution < -0.4 is 5.40 Å². The van der Waals surface area contributed by atoms with E-state index in [2.05, 4.69) is 26.0 Å². The summed E-state index contributed by atoms with van der Waals surface area (Å²) >= 11 is 0. The third kappa shape index (κ3) is 2.50. The summed E-state index contributed by atoms with van der Waals surface area (Å²) in [5, 5.41) is 8.73. The van der Waals surface area contributed by atoms with Crippen LogP contribution in [0.3, 0.4) is 0 Å². The highest BCUT2D eigenvalue weighted by molar-refractivity contribution is 6.70. The fourth-order valence-electron chi connectivity index (χ4n) is 0.718. The van der Waals surface area contributed by atoms with Crippen molar-refractivity contribution in [2.45, 2.75) is 27.7 Å². The van der Waals surface area contributed by atoms with E-state index in [0.29, 0.717) is 0 Å². The lowest BCUT2D eigenvalue weighted by Crippen LogP contribution is -2.29. The van der Waals surface area contributed by atoms with Crippen LogP contribution >= 0.6 is 0 Å². The van der Waals surface area contributed by atoms with Crippen molar-refractivity contribution in [3.8, 4) is 0 Å². The van der Waals surface area contributed by atoms with E-state index < -0.39 is 8.96 Å². The van der Waals surface area contributed by atoms with Crippen LogP contribution in [0, 0.1) is 0 Å². The van der Waals surface area contributed by atoms with E-state index in [1.54, 1.807) is 0 Å². The Morgan fingerprint density at radius 2 is 1.40 bits per heavy atom. The summed E-state index contributed by atoms with van der Waals surface area (Å²) in [6, 6.07) is 0. The highest BCUT2D eigenvalue weighted by Crippen LogP contribution is 2.03. The Balaban J connectivity index is 4.22. The van der Waals surface area contributed by atoms with E-state index in [-0.39, 0.29) is 0 Å². The number of nitrogens with two attached hydrogens (primary N) is 1. The fraction of sp³-hybridized carbons (Fsp3) is 0.500. The molecule has 0 aliphatic heterocycles. The van der Waals surface area contributed by atoms with Crippen molar-refractivity contribution < 1.29 is 0 Å². The van der Waals surface area contributed by atoms with Gasteiger partial charge in [-0.3, -0.25) is 0 Å². The van der Waals surface area contributed by atoms with Crippen molar-refractivity contribution in [3.63, 3.8) is 0 Å². The predicted octanol–water partition coefficient (Wildman–Crippen LogP) is 1.68. The molecule has 0 aromatic heterocycles. The van der Waals surface area contributed by atoms with Gasteiger partial charge in [0, 0.05) is 0 Å². The lowest BCUT2D eigenvalue weighted by molar-refractivity contribution is 1.45. The molecule has 0 rings (SSSR count). The number of hydrogen-bond acceptors (Lipinski definition) is 1. The Kier molecular flexibility index (Phi) is 4.32. The van der Waals surface area contributed by atoms with Gasteiger partial charge in [0.2, 0.25) is 0 Å². The van der Waals surface area contributed by atoms with E-state index >= 15 is 0 Å². The maximum absolute atomic E-state index is 5.98. The monoisotopic (exact) mass is 155 g/mol. The standard InChI is InChI=1S/C8H17NSi/c1-5-7(3)10(9)8(4)6-2/h5-6,10H,9H2,1-4H3. The van der Waals surface area contributed by atoms with Crippen LogP contribution in [0.4, 0.5) is 0 Å². The molecule has 0 saturated heterocycles. The number of rotatable bonds is 2. The Morgan fingerprint density at radius 3 is 1.60 bits per heavy atom. The molecular weight excluding hydrogens is 138 g/mol. The molecule has 0 aliphatic rings. The van der Waals surface area contributed by atoms with E-state index in [1.807, 2.05) is 13.8 Å². The van der Waals surface area contributed by atoms with Crippen molar-refractivity contribution in [2.75, 3.05) is 0 Å². The van der Waals surface area contributed by atoms with Crippen LogP contribution in [-0.2, 0) is 0 Å². The lowest BCUT2D eigenvalue weighted by Gasteiger charge is -2.09. The highest BCUT2D eigenvalue weighted by atomic mass is 28.3. The second-order valence-electron chi connectivity index (χ2n) is 2.54. The SMILES string of the molecule is CC=C(C)[SiH](N)C(C)=CC. The predicted molar refractivity (Wildman–Crippen MR) is 50.2 cm³/mol. The zero-order valence-corrected chi connectivity index (χ0v) is 8.46. The summed E-state index contributed by atoms with van der Waals surface area (Å²) in [6.07, 6.45) is 4.23. The van der Waals surface area contributed by atoms with Crippen molar-refractivity contribution in [1.82, 2.24) is 0 Å². The van der Waals surface area contributed by atoms with Gasteiger partial charge in [0.25, 0.3) is 0 Å². The first-order valence-electron chi connectivity index (χ1n) is 3.64. The summed E-state index contributed by atoms with van der Waals surface area (Å²) in [7, 11) is -1.17. The molecule has 2 heteroatoms. The van der Waals surface area contributed by atoms with E-state index in [1.165, 1.54) is 10.4 Å². The van der Waals surface area contributed by atoms with Gasteiger partial charge in [-0.2, -0.15) is 0 Å². The van der Waals surface area contributed by atoms with Gasteiger partial charge >= 0.3 is 0 Å². The Labute approximate surface area is 65.3 Å². The van der Waals surface area contributed by atoms with Gasteiger partial charge in [-0.25, -0.2) is 0 Å². The van der Waals surface area contributed by atoms with Gasteiger partial charge < -0.3 is 5.40 Å². The molecule has 10 heavy (non-hydrogen) atoms. The van der Waals surface area contributed by atoms with Crippen LogP contribution in [-0.4, -0.2) is 8.96 Å². The summed E-state index contributed by atoms with van der Waals surface area (Å²) in [6.45, 7) is 8.32. The lowest BCUT2D eigenvalue weighted by atomic mass is 10.6. The zero-order valence-electron chi connectivity index (χ0n) is 7.31. The van der Waals surface area contributed by atoms with Crippen LogP contribution in [0.15, 0.2) is 22.5 Å². The molecule has 0 fully saturated rings. The van der Waals surface area contributed by atoms with Crippen molar-refractivity contribution >= 4 is 8.96 Å². The molecule has 0 aliphatic carbocycles. The third-order valence-corrected chi connectivity index (χ3v) is 4.52. The summed E-state index contributed by atoms with van der Waals surface area (Å²) in [5.41, 5.74) is 0. The first kappa shape index (κ1) is 9.66. The quantitative estimate of drug-likeness (QED) is 0.603. The van der Waals surface area contributed by atoms with Gasteiger partial charge in [-0.1, -0.05) is 22.5 Å². The zero-order chi connectivity index (χ0) is 8.15. The largest absolute Gasteiger partial charge is 0.347 e. The van der Waals surface area contributed by atoms with Crippen LogP contribution in [0.25, 0.3) is 0 Å². The average molecular weight is 155 g/mol. The molecule has 2 N–H and O–H groups in total.